The zero-order chi connectivity index (χ0) is 18.7. The molecule has 0 heterocycles. The quantitative estimate of drug-likeness (QED) is 0.760. The van der Waals surface area contributed by atoms with E-state index in [9.17, 15) is 14.0 Å². The zero-order valence-electron chi connectivity index (χ0n) is 14.6. The number of carbonyl (C=O) groups is 2. The summed E-state index contributed by atoms with van der Waals surface area (Å²) in [5, 5.41) is 8.93. The molecular formula is C17H21FN2O4. The Bertz CT molecular complexity index is 653. The predicted octanol–water partition coefficient (Wildman–Crippen LogP) is 4.37. The maximum atomic E-state index is 13.5. The first-order chi connectivity index (χ1) is 10.8. The molecule has 0 N–H and O–H groups in total. The van der Waals surface area contributed by atoms with Crippen LogP contribution in [0.5, 0.6) is 0 Å². The van der Waals surface area contributed by atoms with Gasteiger partial charge in [0.2, 0.25) is 0 Å². The molecule has 1 aromatic carbocycles. The molecule has 1 rings (SSSR count). The summed E-state index contributed by atoms with van der Waals surface area (Å²) in [4.78, 5) is 25.4. The summed E-state index contributed by atoms with van der Waals surface area (Å²) in [5.41, 5.74) is -2.02. The van der Waals surface area contributed by atoms with Gasteiger partial charge in [-0.3, -0.25) is 0 Å². The number of carbonyl (C=O) groups excluding carboxylic acids is 2. The fourth-order valence-corrected chi connectivity index (χ4v) is 1.64. The fraction of sp³-hybridized carbons (Fsp3) is 0.471. The first kappa shape index (κ1) is 19.4. The second kappa shape index (κ2) is 6.87. The van der Waals surface area contributed by atoms with Gasteiger partial charge in [0.25, 0.3) is 0 Å². The van der Waals surface area contributed by atoms with Crippen molar-refractivity contribution in [3.05, 3.63) is 29.6 Å². The molecule has 130 valence electrons. The predicted molar refractivity (Wildman–Crippen MR) is 86.1 cm³/mol. The van der Waals surface area contributed by atoms with Crippen LogP contribution in [0.2, 0.25) is 0 Å². The average molecular weight is 336 g/mol. The molecule has 2 amide bonds. The molecule has 0 fully saturated rings. The van der Waals surface area contributed by atoms with Gasteiger partial charge in [-0.25, -0.2) is 14.0 Å². The Hall–Kier alpha value is -2.62. The molecule has 24 heavy (non-hydrogen) atoms. The lowest BCUT2D eigenvalue weighted by Gasteiger charge is -2.28. The molecule has 0 aliphatic heterocycles. The lowest BCUT2D eigenvalue weighted by atomic mass is 10.2. The van der Waals surface area contributed by atoms with E-state index in [0.717, 1.165) is 12.1 Å². The lowest BCUT2D eigenvalue weighted by molar-refractivity contribution is 0.0430. The first-order valence-electron chi connectivity index (χ1n) is 7.30. The van der Waals surface area contributed by atoms with Crippen molar-refractivity contribution in [1.82, 2.24) is 0 Å². The number of ether oxygens (including phenoxy) is 2. The monoisotopic (exact) mass is 336 g/mol. The van der Waals surface area contributed by atoms with Gasteiger partial charge in [-0.15, -0.1) is 0 Å². The van der Waals surface area contributed by atoms with Crippen LogP contribution in [0.1, 0.15) is 47.1 Å². The molecule has 0 spiro atoms. The highest BCUT2D eigenvalue weighted by Gasteiger charge is 2.33. The topological polar surface area (TPSA) is 79.6 Å². The zero-order valence-corrected chi connectivity index (χ0v) is 14.6. The van der Waals surface area contributed by atoms with Crippen molar-refractivity contribution in [2.45, 2.75) is 52.7 Å². The normalized spacial score (nSPS) is 11.4. The SMILES string of the molecule is CC(C)(C)OC(=O)N(C(=O)OC(C)(C)C)c1ccc(F)c(C#N)c1. The minimum atomic E-state index is -0.979. The van der Waals surface area contributed by atoms with Crippen LogP contribution in [0.15, 0.2) is 18.2 Å². The Labute approximate surface area is 140 Å². The van der Waals surface area contributed by atoms with Crippen LogP contribution >= 0.6 is 0 Å². The van der Waals surface area contributed by atoms with Gasteiger partial charge in [-0.2, -0.15) is 10.2 Å². The van der Waals surface area contributed by atoms with Gasteiger partial charge in [0.05, 0.1) is 11.3 Å². The van der Waals surface area contributed by atoms with Gasteiger partial charge in [0, 0.05) is 0 Å². The summed E-state index contributed by atoms with van der Waals surface area (Å²) in [5.74, 6) is -0.755. The Morgan fingerprint density at radius 1 is 1.04 bits per heavy atom. The molecule has 7 heteroatoms. The maximum absolute atomic E-state index is 13.5. The molecule has 0 atom stereocenters. The van der Waals surface area contributed by atoms with E-state index in [1.54, 1.807) is 47.6 Å². The second-order valence-electron chi connectivity index (χ2n) is 7.07. The maximum Gasteiger partial charge on any atom is 0.424 e. The van der Waals surface area contributed by atoms with Crippen molar-refractivity contribution in [1.29, 1.82) is 5.26 Å². The van der Waals surface area contributed by atoms with Crippen molar-refractivity contribution in [2.24, 2.45) is 0 Å². The molecular weight excluding hydrogens is 315 g/mol. The molecule has 0 aromatic heterocycles. The van der Waals surface area contributed by atoms with Crippen molar-refractivity contribution in [3.63, 3.8) is 0 Å². The van der Waals surface area contributed by atoms with Crippen molar-refractivity contribution < 1.29 is 23.5 Å². The number of benzene rings is 1. The minimum Gasteiger partial charge on any atom is -0.443 e. The number of nitriles is 1. The average Bonchev–Trinajstić information content (AvgIpc) is 2.36. The van der Waals surface area contributed by atoms with E-state index < -0.39 is 29.2 Å². The number of amides is 2. The fourth-order valence-electron chi connectivity index (χ4n) is 1.64. The van der Waals surface area contributed by atoms with Crippen molar-refractivity contribution >= 4 is 17.9 Å². The van der Waals surface area contributed by atoms with Crippen LogP contribution in [0, 0.1) is 17.1 Å². The van der Waals surface area contributed by atoms with Gasteiger partial charge in [-0.1, -0.05) is 0 Å². The summed E-state index contributed by atoms with van der Waals surface area (Å²) in [6.07, 6.45) is -1.96. The first-order valence-corrected chi connectivity index (χ1v) is 7.30. The van der Waals surface area contributed by atoms with Crippen LogP contribution in [-0.4, -0.2) is 23.4 Å². The van der Waals surface area contributed by atoms with Gasteiger partial charge in [-0.05, 0) is 59.7 Å². The number of nitrogens with zero attached hydrogens (tertiary/aromatic N) is 2. The molecule has 1 aromatic rings. The summed E-state index contributed by atoms with van der Waals surface area (Å²) in [6, 6.07) is 4.94. The molecule has 0 bridgehead atoms. The number of hydrogen-bond donors (Lipinski definition) is 0. The summed E-state index contributed by atoms with van der Waals surface area (Å²) < 4.78 is 23.9. The molecule has 0 saturated carbocycles. The molecule has 0 aliphatic carbocycles. The molecule has 0 aliphatic rings. The third-order valence-corrected chi connectivity index (χ3v) is 2.48. The van der Waals surface area contributed by atoms with Crippen LogP contribution in [0.4, 0.5) is 19.7 Å². The van der Waals surface area contributed by atoms with Gasteiger partial charge < -0.3 is 9.47 Å². The van der Waals surface area contributed by atoms with Crippen LogP contribution < -0.4 is 4.90 Å². The van der Waals surface area contributed by atoms with Crippen molar-refractivity contribution in [3.8, 4) is 6.07 Å². The van der Waals surface area contributed by atoms with Crippen LogP contribution in [0.25, 0.3) is 0 Å². The smallest absolute Gasteiger partial charge is 0.424 e. The number of anilines is 1. The third-order valence-electron chi connectivity index (χ3n) is 2.48. The van der Waals surface area contributed by atoms with E-state index in [2.05, 4.69) is 0 Å². The van der Waals surface area contributed by atoms with Gasteiger partial charge in [0.1, 0.15) is 23.1 Å². The Kier molecular flexibility index (Phi) is 5.56. The van der Waals surface area contributed by atoms with E-state index in [0.29, 0.717) is 4.90 Å². The molecule has 0 saturated heterocycles. The number of imide groups is 1. The standard InChI is InChI=1S/C17H21FN2O4/c1-16(2,3)23-14(21)20(15(22)24-17(4,5)6)12-7-8-13(18)11(9-12)10-19/h7-9H,1-6H3. The molecule has 6 nitrogen and oxygen atoms in total. The summed E-state index contributed by atoms with van der Waals surface area (Å²) in [7, 11) is 0. The second-order valence-corrected chi connectivity index (χ2v) is 7.07. The largest absolute Gasteiger partial charge is 0.443 e. The van der Waals surface area contributed by atoms with E-state index in [-0.39, 0.29) is 11.3 Å². The van der Waals surface area contributed by atoms with Gasteiger partial charge >= 0.3 is 12.2 Å². The molecule has 0 radical (unpaired) electrons. The van der Waals surface area contributed by atoms with E-state index in [1.807, 2.05) is 0 Å². The van der Waals surface area contributed by atoms with E-state index in [4.69, 9.17) is 14.7 Å². The van der Waals surface area contributed by atoms with Crippen molar-refractivity contribution in [2.75, 3.05) is 4.90 Å². The van der Waals surface area contributed by atoms with E-state index >= 15 is 0 Å². The number of halogens is 1. The Morgan fingerprint density at radius 3 is 1.88 bits per heavy atom. The Balaban J connectivity index is 3.30. The lowest BCUT2D eigenvalue weighted by Crippen LogP contribution is -2.43. The Morgan fingerprint density at radius 2 is 1.50 bits per heavy atom. The highest BCUT2D eigenvalue weighted by Crippen LogP contribution is 2.23. The highest BCUT2D eigenvalue weighted by atomic mass is 19.1. The third kappa shape index (κ3) is 5.54. The van der Waals surface area contributed by atoms with E-state index in [1.165, 1.54) is 6.07 Å². The highest BCUT2D eigenvalue weighted by molar-refractivity contribution is 6.09. The minimum absolute atomic E-state index is 0.0172. The number of rotatable bonds is 1. The summed E-state index contributed by atoms with van der Waals surface area (Å²) in [6.45, 7) is 9.85. The number of hydrogen-bond acceptors (Lipinski definition) is 5. The summed E-state index contributed by atoms with van der Waals surface area (Å²) >= 11 is 0. The van der Waals surface area contributed by atoms with Crippen LogP contribution in [-0.2, 0) is 9.47 Å². The van der Waals surface area contributed by atoms with Gasteiger partial charge in [0.15, 0.2) is 0 Å². The van der Waals surface area contributed by atoms with Crippen LogP contribution in [0.3, 0.4) is 0 Å². The molecule has 0 unspecified atom stereocenters.